The van der Waals surface area contributed by atoms with Crippen molar-refractivity contribution in [1.29, 1.82) is 0 Å². The number of benzene rings is 1. The lowest BCUT2D eigenvalue weighted by atomic mass is 10.1. The average molecular weight is 252 g/mol. The van der Waals surface area contributed by atoms with Crippen LogP contribution in [0.1, 0.15) is 17.5 Å². The van der Waals surface area contributed by atoms with Gasteiger partial charge in [0, 0.05) is 32.4 Å². The van der Waals surface area contributed by atoms with Crippen molar-refractivity contribution in [3.63, 3.8) is 0 Å². The molecule has 0 atom stereocenters. The zero-order valence-corrected chi connectivity index (χ0v) is 11.3. The summed E-state index contributed by atoms with van der Waals surface area (Å²) in [5, 5.41) is 0. The van der Waals surface area contributed by atoms with Crippen LogP contribution in [0.4, 0.5) is 0 Å². The quantitative estimate of drug-likeness (QED) is 0.593. The third kappa shape index (κ3) is 5.26. The Balaban J connectivity index is 2.43. The van der Waals surface area contributed by atoms with Crippen LogP contribution < -0.4 is 5.73 Å². The molecule has 0 radical (unpaired) electrons. The molecule has 0 aromatic heterocycles. The molecule has 0 unspecified atom stereocenters. The highest BCUT2D eigenvalue weighted by atomic mass is 32.1. The van der Waals surface area contributed by atoms with E-state index >= 15 is 0 Å². The van der Waals surface area contributed by atoms with Gasteiger partial charge in [-0.3, -0.25) is 0 Å². The van der Waals surface area contributed by atoms with Gasteiger partial charge >= 0.3 is 0 Å². The van der Waals surface area contributed by atoms with Crippen LogP contribution in [0.3, 0.4) is 0 Å². The van der Waals surface area contributed by atoms with Crippen LogP contribution >= 0.6 is 12.2 Å². The van der Waals surface area contributed by atoms with Gasteiger partial charge in [-0.1, -0.05) is 36.5 Å². The van der Waals surface area contributed by atoms with Crippen LogP contribution in [0.5, 0.6) is 0 Å². The third-order valence-electron chi connectivity index (χ3n) is 2.58. The summed E-state index contributed by atoms with van der Waals surface area (Å²) >= 11 is 4.92. The Labute approximate surface area is 109 Å². The van der Waals surface area contributed by atoms with Gasteiger partial charge in [-0.15, -0.1) is 0 Å². The minimum Gasteiger partial charge on any atom is -0.389 e. The van der Waals surface area contributed by atoms with E-state index in [1.807, 2.05) is 12.1 Å². The van der Waals surface area contributed by atoms with Crippen molar-refractivity contribution in [2.75, 3.05) is 27.3 Å². The molecule has 0 saturated heterocycles. The molecule has 0 fully saturated rings. The molecule has 0 aliphatic carbocycles. The first-order valence-corrected chi connectivity index (χ1v) is 6.10. The highest BCUT2D eigenvalue weighted by molar-refractivity contribution is 7.80. The molecule has 94 valence electrons. The number of ether oxygens (including phenoxy) is 1. The molecule has 4 heteroatoms. The molecule has 17 heavy (non-hydrogen) atoms. The van der Waals surface area contributed by atoms with Crippen LogP contribution in [0.15, 0.2) is 24.3 Å². The Hall–Kier alpha value is -0.970. The number of thiocarbonyl (C=S) groups is 1. The van der Waals surface area contributed by atoms with E-state index in [2.05, 4.69) is 24.1 Å². The summed E-state index contributed by atoms with van der Waals surface area (Å²) in [6, 6.07) is 8.09. The van der Waals surface area contributed by atoms with Gasteiger partial charge in [0.2, 0.25) is 0 Å². The molecule has 0 saturated carbocycles. The maximum absolute atomic E-state index is 5.55. The summed E-state index contributed by atoms with van der Waals surface area (Å²) in [7, 11) is 3.84. The second-order valence-corrected chi connectivity index (χ2v) is 4.59. The van der Waals surface area contributed by atoms with Crippen LogP contribution in [-0.4, -0.2) is 37.2 Å². The molecule has 0 bridgehead atoms. The van der Waals surface area contributed by atoms with E-state index in [0.29, 0.717) is 4.99 Å². The minimum atomic E-state index is 0.449. The average Bonchev–Trinajstić information content (AvgIpc) is 2.30. The van der Waals surface area contributed by atoms with Gasteiger partial charge in [-0.05, 0) is 19.0 Å². The highest BCUT2D eigenvalue weighted by Crippen LogP contribution is 2.07. The maximum atomic E-state index is 5.55. The van der Waals surface area contributed by atoms with E-state index < -0.39 is 0 Å². The summed E-state index contributed by atoms with van der Waals surface area (Å²) in [6.45, 7) is 2.77. The normalized spacial score (nSPS) is 10.8. The van der Waals surface area contributed by atoms with Crippen molar-refractivity contribution in [3.8, 4) is 0 Å². The van der Waals surface area contributed by atoms with Gasteiger partial charge in [-0.2, -0.15) is 0 Å². The first kappa shape index (κ1) is 14.1. The number of nitrogens with zero attached hydrogens (tertiary/aromatic N) is 1. The Morgan fingerprint density at radius 1 is 1.35 bits per heavy atom. The van der Waals surface area contributed by atoms with Crippen LogP contribution in [-0.2, 0) is 11.3 Å². The van der Waals surface area contributed by atoms with E-state index in [1.54, 1.807) is 7.11 Å². The lowest BCUT2D eigenvalue weighted by Gasteiger charge is -2.16. The summed E-state index contributed by atoms with van der Waals surface area (Å²) < 4.78 is 5.03. The van der Waals surface area contributed by atoms with Crippen LogP contribution in [0.2, 0.25) is 0 Å². The number of hydrogen-bond donors (Lipinski definition) is 1. The zero-order chi connectivity index (χ0) is 12.7. The second-order valence-electron chi connectivity index (χ2n) is 4.15. The highest BCUT2D eigenvalue weighted by Gasteiger charge is 2.01. The van der Waals surface area contributed by atoms with E-state index in [1.165, 1.54) is 5.56 Å². The van der Waals surface area contributed by atoms with Crippen molar-refractivity contribution < 1.29 is 4.74 Å². The third-order valence-corrected chi connectivity index (χ3v) is 2.81. The van der Waals surface area contributed by atoms with Crippen molar-refractivity contribution >= 4 is 17.2 Å². The molecule has 0 aliphatic heterocycles. The SMILES string of the molecule is COCCCN(C)Cc1ccc(C(N)=S)cc1. The van der Waals surface area contributed by atoms with Crippen molar-refractivity contribution in [1.82, 2.24) is 4.90 Å². The van der Waals surface area contributed by atoms with E-state index in [-0.39, 0.29) is 0 Å². The maximum Gasteiger partial charge on any atom is 0.103 e. The molecule has 0 heterocycles. The first-order chi connectivity index (χ1) is 8.13. The van der Waals surface area contributed by atoms with Crippen molar-refractivity contribution in [2.45, 2.75) is 13.0 Å². The van der Waals surface area contributed by atoms with Crippen molar-refractivity contribution in [2.24, 2.45) is 5.73 Å². The molecule has 0 spiro atoms. The number of hydrogen-bond acceptors (Lipinski definition) is 3. The first-order valence-electron chi connectivity index (χ1n) is 5.69. The molecule has 3 nitrogen and oxygen atoms in total. The predicted octanol–water partition coefficient (Wildman–Crippen LogP) is 1.79. The van der Waals surface area contributed by atoms with Crippen LogP contribution in [0, 0.1) is 0 Å². The van der Waals surface area contributed by atoms with Crippen molar-refractivity contribution in [3.05, 3.63) is 35.4 Å². The molecule has 0 aliphatic rings. The molecule has 0 amide bonds. The Morgan fingerprint density at radius 2 is 2.00 bits per heavy atom. The van der Waals surface area contributed by atoms with Gasteiger partial charge in [0.1, 0.15) is 4.99 Å². The largest absolute Gasteiger partial charge is 0.389 e. The van der Waals surface area contributed by atoms with Gasteiger partial charge in [-0.25, -0.2) is 0 Å². The van der Waals surface area contributed by atoms with Crippen LogP contribution in [0.25, 0.3) is 0 Å². The topological polar surface area (TPSA) is 38.5 Å². The Bertz CT molecular complexity index is 351. The standard InChI is InChI=1S/C13H20N2OS/c1-15(8-3-9-16-2)10-11-4-6-12(7-5-11)13(14)17/h4-7H,3,8-10H2,1-2H3,(H2,14,17). The Kier molecular flexibility index (Phi) is 6.11. The summed E-state index contributed by atoms with van der Waals surface area (Å²) in [5.41, 5.74) is 7.74. The lowest BCUT2D eigenvalue weighted by molar-refractivity contribution is 0.178. The summed E-state index contributed by atoms with van der Waals surface area (Å²) in [6.07, 6.45) is 1.05. The van der Waals surface area contributed by atoms with Gasteiger partial charge < -0.3 is 15.4 Å². The molecule has 1 rings (SSSR count). The van der Waals surface area contributed by atoms with Gasteiger partial charge in [0.05, 0.1) is 0 Å². The van der Waals surface area contributed by atoms with E-state index in [4.69, 9.17) is 22.7 Å². The zero-order valence-electron chi connectivity index (χ0n) is 10.5. The smallest absolute Gasteiger partial charge is 0.103 e. The number of nitrogens with two attached hydrogens (primary N) is 1. The molecule has 2 N–H and O–H groups in total. The second kappa shape index (κ2) is 7.37. The molecule has 1 aromatic rings. The molecular formula is C13H20N2OS. The lowest BCUT2D eigenvalue weighted by Crippen LogP contribution is -2.20. The fourth-order valence-electron chi connectivity index (χ4n) is 1.64. The fourth-order valence-corrected chi connectivity index (χ4v) is 1.78. The minimum absolute atomic E-state index is 0.449. The van der Waals surface area contributed by atoms with Gasteiger partial charge in [0.15, 0.2) is 0 Å². The summed E-state index contributed by atoms with van der Waals surface area (Å²) in [4.78, 5) is 2.72. The fraction of sp³-hybridized carbons (Fsp3) is 0.462. The number of rotatable bonds is 7. The molecule has 1 aromatic carbocycles. The van der Waals surface area contributed by atoms with E-state index in [9.17, 15) is 0 Å². The Morgan fingerprint density at radius 3 is 2.53 bits per heavy atom. The van der Waals surface area contributed by atoms with Gasteiger partial charge in [0.25, 0.3) is 0 Å². The predicted molar refractivity (Wildman–Crippen MR) is 75.2 cm³/mol. The summed E-state index contributed by atoms with van der Waals surface area (Å²) in [5.74, 6) is 0. The molecular weight excluding hydrogens is 232 g/mol. The number of methoxy groups -OCH3 is 1. The monoisotopic (exact) mass is 252 g/mol. The van der Waals surface area contributed by atoms with E-state index in [0.717, 1.165) is 31.7 Å².